The lowest BCUT2D eigenvalue weighted by Crippen LogP contribution is -2.44. The van der Waals surface area contributed by atoms with Gasteiger partial charge in [-0.25, -0.2) is 8.78 Å². The summed E-state index contributed by atoms with van der Waals surface area (Å²) in [6.07, 6.45) is 2.45. The van der Waals surface area contributed by atoms with E-state index < -0.39 is 5.92 Å². The summed E-state index contributed by atoms with van der Waals surface area (Å²) < 4.78 is 25.6. The minimum atomic E-state index is -2.44. The summed E-state index contributed by atoms with van der Waals surface area (Å²) in [5.41, 5.74) is 0. The molecule has 64 valence electrons. The highest BCUT2D eigenvalue weighted by molar-refractivity contribution is 4.90. The summed E-state index contributed by atoms with van der Waals surface area (Å²) in [6.45, 7) is 0.691. The fourth-order valence-electron chi connectivity index (χ4n) is 1.87. The average molecular weight is 161 g/mol. The van der Waals surface area contributed by atoms with Crippen molar-refractivity contribution in [3.05, 3.63) is 0 Å². The van der Waals surface area contributed by atoms with Crippen LogP contribution in [0.25, 0.3) is 0 Å². The van der Waals surface area contributed by atoms with Crippen molar-refractivity contribution in [3.8, 4) is 0 Å². The third-order valence-corrected chi connectivity index (χ3v) is 2.64. The quantitative estimate of drug-likeness (QED) is 0.616. The highest BCUT2D eigenvalue weighted by Crippen LogP contribution is 2.42. The van der Waals surface area contributed by atoms with Crippen molar-refractivity contribution in [3.63, 3.8) is 0 Å². The van der Waals surface area contributed by atoms with Gasteiger partial charge in [-0.15, -0.1) is 0 Å². The number of piperidine rings is 1. The van der Waals surface area contributed by atoms with Crippen LogP contribution >= 0.6 is 0 Å². The van der Waals surface area contributed by atoms with Gasteiger partial charge in [0.2, 0.25) is 0 Å². The first-order valence-corrected chi connectivity index (χ1v) is 4.26. The molecule has 1 atom stereocenters. The number of halogens is 2. The molecule has 1 saturated heterocycles. The van der Waals surface area contributed by atoms with Gasteiger partial charge in [-0.3, -0.25) is 0 Å². The molecule has 1 aliphatic heterocycles. The highest BCUT2D eigenvalue weighted by atomic mass is 19.3. The van der Waals surface area contributed by atoms with Crippen LogP contribution in [0.1, 0.15) is 19.3 Å². The van der Waals surface area contributed by atoms with E-state index >= 15 is 0 Å². The van der Waals surface area contributed by atoms with Crippen molar-refractivity contribution < 1.29 is 8.78 Å². The van der Waals surface area contributed by atoms with Crippen LogP contribution in [0.4, 0.5) is 8.78 Å². The summed E-state index contributed by atoms with van der Waals surface area (Å²) >= 11 is 0. The standard InChI is InChI=1S/C8H13F2N/c9-8(10)3-7(4-11-5-8)6-1-2-6/h6-7,11H,1-5H2. The Morgan fingerprint density at radius 1 is 1.18 bits per heavy atom. The summed E-state index contributed by atoms with van der Waals surface area (Å²) in [5, 5.41) is 2.80. The number of rotatable bonds is 1. The van der Waals surface area contributed by atoms with Gasteiger partial charge < -0.3 is 5.32 Å². The third-order valence-electron chi connectivity index (χ3n) is 2.64. The Hall–Kier alpha value is -0.180. The minimum Gasteiger partial charge on any atom is -0.311 e. The van der Waals surface area contributed by atoms with Gasteiger partial charge in [0, 0.05) is 6.42 Å². The van der Waals surface area contributed by atoms with E-state index in [1.807, 2.05) is 0 Å². The van der Waals surface area contributed by atoms with E-state index in [0.717, 1.165) is 6.54 Å². The van der Waals surface area contributed by atoms with E-state index in [9.17, 15) is 8.78 Å². The maximum absolute atomic E-state index is 12.8. The molecule has 0 aromatic carbocycles. The second-order valence-electron chi connectivity index (χ2n) is 3.79. The summed E-state index contributed by atoms with van der Waals surface area (Å²) in [5.74, 6) is -1.58. The molecule has 0 aromatic rings. The Kier molecular flexibility index (Phi) is 1.63. The molecule has 0 bridgehead atoms. The second kappa shape index (κ2) is 2.41. The molecule has 1 saturated carbocycles. The Morgan fingerprint density at radius 3 is 2.45 bits per heavy atom. The van der Waals surface area contributed by atoms with Crippen LogP contribution in [-0.4, -0.2) is 19.0 Å². The molecule has 11 heavy (non-hydrogen) atoms. The SMILES string of the molecule is FC1(F)CNCC(C2CC2)C1. The molecule has 3 heteroatoms. The average Bonchev–Trinajstić information content (AvgIpc) is 2.65. The zero-order chi connectivity index (χ0) is 7.90. The third kappa shape index (κ3) is 1.70. The molecule has 0 amide bonds. The van der Waals surface area contributed by atoms with Crippen molar-refractivity contribution in [1.29, 1.82) is 0 Å². The molecule has 1 heterocycles. The molecule has 0 aromatic heterocycles. The van der Waals surface area contributed by atoms with E-state index in [-0.39, 0.29) is 18.9 Å². The predicted octanol–water partition coefficient (Wildman–Crippen LogP) is 1.64. The van der Waals surface area contributed by atoms with Gasteiger partial charge in [0.1, 0.15) is 0 Å². The van der Waals surface area contributed by atoms with Crippen LogP contribution < -0.4 is 5.32 Å². The van der Waals surface area contributed by atoms with Crippen LogP contribution in [0.3, 0.4) is 0 Å². The Balaban J connectivity index is 1.92. The van der Waals surface area contributed by atoms with Crippen molar-refractivity contribution >= 4 is 0 Å². The maximum atomic E-state index is 12.8. The molecule has 1 nitrogen and oxygen atoms in total. The number of hydrogen-bond acceptors (Lipinski definition) is 1. The van der Waals surface area contributed by atoms with Crippen molar-refractivity contribution in [1.82, 2.24) is 5.32 Å². The largest absolute Gasteiger partial charge is 0.311 e. The number of alkyl halides is 2. The summed E-state index contributed by atoms with van der Waals surface area (Å²) in [6, 6.07) is 0. The zero-order valence-electron chi connectivity index (χ0n) is 6.45. The van der Waals surface area contributed by atoms with E-state index in [1.165, 1.54) is 12.8 Å². The minimum absolute atomic E-state index is 0.115. The van der Waals surface area contributed by atoms with Crippen LogP contribution in [-0.2, 0) is 0 Å². The fraction of sp³-hybridized carbons (Fsp3) is 1.00. The lowest BCUT2D eigenvalue weighted by atomic mass is 9.92. The molecule has 2 aliphatic rings. The van der Waals surface area contributed by atoms with Gasteiger partial charge in [0.15, 0.2) is 0 Å². The predicted molar refractivity (Wildman–Crippen MR) is 38.6 cm³/mol. The lowest BCUT2D eigenvalue weighted by molar-refractivity contribution is -0.0425. The van der Waals surface area contributed by atoms with Crippen LogP contribution in [0.2, 0.25) is 0 Å². The topological polar surface area (TPSA) is 12.0 Å². The first-order chi connectivity index (χ1) is 5.17. The maximum Gasteiger partial charge on any atom is 0.260 e. The van der Waals surface area contributed by atoms with E-state index in [0.29, 0.717) is 5.92 Å². The van der Waals surface area contributed by atoms with Gasteiger partial charge in [0.05, 0.1) is 6.54 Å². The molecule has 1 N–H and O–H groups in total. The zero-order valence-corrected chi connectivity index (χ0v) is 6.45. The number of nitrogens with one attached hydrogen (secondary N) is 1. The van der Waals surface area contributed by atoms with E-state index in [1.54, 1.807) is 0 Å². The molecule has 2 fully saturated rings. The Labute approximate surface area is 65.2 Å². The molecule has 1 unspecified atom stereocenters. The Bertz CT molecular complexity index is 154. The first-order valence-electron chi connectivity index (χ1n) is 4.26. The summed E-state index contributed by atoms with van der Waals surface area (Å²) in [7, 11) is 0. The molecule has 0 radical (unpaired) electrons. The molecular formula is C8H13F2N. The smallest absolute Gasteiger partial charge is 0.260 e. The monoisotopic (exact) mass is 161 g/mol. The lowest BCUT2D eigenvalue weighted by Gasteiger charge is -2.29. The first kappa shape index (κ1) is 7.47. The molecular weight excluding hydrogens is 148 g/mol. The summed E-state index contributed by atoms with van der Waals surface area (Å²) in [4.78, 5) is 0. The van der Waals surface area contributed by atoms with Crippen molar-refractivity contribution in [2.45, 2.75) is 25.2 Å². The van der Waals surface area contributed by atoms with Gasteiger partial charge in [-0.2, -0.15) is 0 Å². The molecule has 1 aliphatic carbocycles. The van der Waals surface area contributed by atoms with E-state index in [4.69, 9.17) is 0 Å². The van der Waals surface area contributed by atoms with Crippen molar-refractivity contribution in [2.75, 3.05) is 13.1 Å². The highest BCUT2D eigenvalue weighted by Gasteiger charge is 2.42. The second-order valence-corrected chi connectivity index (χ2v) is 3.79. The van der Waals surface area contributed by atoms with Crippen LogP contribution in [0.5, 0.6) is 0 Å². The van der Waals surface area contributed by atoms with Gasteiger partial charge in [-0.05, 0) is 31.2 Å². The molecule has 0 spiro atoms. The van der Waals surface area contributed by atoms with Gasteiger partial charge in [-0.1, -0.05) is 0 Å². The Morgan fingerprint density at radius 2 is 1.91 bits per heavy atom. The van der Waals surface area contributed by atoms with E-state index in [2.05, 4.69) is 5.32 Å². The van der Waals surface area contributed by atoms with Gasteiger partial charge in [0.25, 0.3) is 5.92 Å². The molecule has 2 rings (SSSR count). The fourth-order valence-corrected chi connectivity index (χ4v) is 1.87. The number of hydrogen-bond donors (Lipinski definition) is 1. The van der Waals surface area contributed by atoms with Crippen LogP contribution in [0, 0.1) is 11.8 Å². The van der Waals surface area contributed by atoms with Crippen LogP contribution in [0.15, 0.2) is 0 Å². The van der Waals surface area contributed by atoms with Crippen molar-refractivity contribution in [2.24, 2.45) is 11.8 Å². The normalized spacial score (nSPS) is 37.1. The van der Waals surface area contributed by atoms with Gasteiger partial charge >= 0.3 is 0 Å².